The highest BCUT2D eigenvalue weighted by Gasteiger charge is 2.53. The van der Waals surface area contributed by atoms with E-state index >= 15 is 0 Å². The maximum absolute atomic E-state index is 10.9. The SMILES string of the molecule is CC1=C(CCC(C)CC(=O)O)C2(C)CCC(O)C(C)(C)C2CC1. The molecule has 0 aromatic rings. The molecule has 0 aromatic heterocycles. The molecule has 2 rings (SSSR count). The van der Waals surface area contributed by atoms with Gasteiger partial charge in [-0.25, -0.2) is 0 Å². The predicted octanol–water partition coefficient (Wildman–Crippen LogP) is 4.79. The Morgan fingerprint density at radius 3 is 2.57 bits per heavy atom. The monoisotopic (exact) mass is 322 g/mol. The number of carboxylic acids is 1. The van der Waals surface area contributed by atoms with E-state index in [1.165, 1.54) is 12.0 Å². The molecule has 0 bridgehead atoms. The summed E-state index contributed by atoms with van der Waals surface area (Å²) in [6.45, 7) is 11.2. The highest BCUT2D eigenvalue weighted by atomic mass is 16.4. The lowest BCUT2D eigenvalue weighted by Crippen LogP contribution is -2.52. The molecular weight excluding hydrogens is 288 g/mol. The molecule has 0 amide bonds. The first kappa shape index (κ1) is 18.5. The molecule has 132 valence electrons. The molecule has 2 aliphatic rings. The number of allylic oxidation sites excluding steroid dienone is 2. The van der Waals surface area contributed by atoms with Crippen LogP contribution < -0.4 is 0 Å². The van der Waals surface area contributed by atoms with Gasteiger partial charge in [0.15, 0.2) is 0 Å². The molecule has 0 saturated heterocycles. The van der Waals surface area contributed by atoms with E-state index < -0.39 is 5.97 Å². The van der Waals surface area contributed by atoms with E-state index in [9.17, 15) is 9.90 Å². The van der Waals surface area contributed by atoms with Gasteiger partial charge in [0.05, 0.1) is 6.10 Å². The molecule has 0 aromatic carbocycles. The van der Waals surface area contributed by atoms with Crippen molar-refractivity contribution < 1.29 is 15.0 Å². The number of hydrogen-bond acceptors (Lipinski definition) is 2. The van der Waals surface area contributed by atoms with Crippen molar-refractivity contribution in [3.8, 4) is 0 Å². The highest BCUT2D eigenvalue weighted by molar-refractivity contribution is 5.66. The molecule has 2 aliphatic carbocycles. The van der Waals surface area contributed by atoms with Crippen molar-refractivity contribution in [2.24, 2.45) is 22.7 Å². The van der Waals surface area contributed by atoms with Gasteiger partial charge in [-0.05, 0) is 68.1 Å². The van der Waals surface area contributed by atoms with Crippen LogP contribution in [0, 0.1) is 22.7 Å². The predicted molar refractivity (Wildman–Crippen MR) is 93.2 cm³/mol. The molecule has 1 saturated carbocycles. The van der Waals surface area contributed by atoms with Crippen LogP contribution in [-0.2, 0) is 4.79 Å². The lowest BCUT2D eigenvalue weighted by molar-refractivity contribution is -0.138. The summed E-state index contributed by atoms with van der Waals surface area (Å²) in [5.41, 5.74) is 3.21. The molecule has 3 heteroatoms. The third-order valence-corrected chi connectivity index (χ3v) is 6.89. The van der Waals surface area contributed by atoms with E-state index in [4.69, 9.17) is 5.11 Å². The van der Waals surface area contributed by atoms with Crippen LogP contribution in [0.15, 0.2) is 11.1 Å². The zero-order valence-corrected chi connectivity index (χ0v) is 15.5. The van der Waals surface area contributed by atoms with Gasteiger partial charge < -0.3 is 10.2 Å². The van der Waals surface area contributed by atoms with Gasteiger partial charge in [0.25, 0.3) is 0 Å². The van der Waals surface area contributed by atoms with Gasteiger partial charge in [-0.1, -0.05) is 38.8 Å². The van der Waals surface area contributed by atoms with E-state index in [1.54, 1.807) is 5.57 Å². The first-order chi connectivity index (χ1) is 10.6. The van der Waals surface area contributed by atoms with Crippen LogP contribution in [0.5, 0.6) is 0 Å². The van der Waals surface area contributed by atoms with Crippen LogP contribution in [0.4, 0.5) is 0 Å². The van der Waals surface area contributed by atoms with Crippen molar-refractivity contribution >= 4 is 5.97 Å². The Morgan fingerprint density at radius 1 is 1.30 bits per heavy atom. The fourth-order valence-electron chi connectivity index (χ4n) is 5.38. The average Bonchev–Trinajstić information content (AvgIpc) is 2.42. The van der Waals surface area contributed by atoms with E-state index in [1.807, 2.05) is 6.92 Å². The summed E-state index contributed by atoms with van der Waals surface area (Å²) in [5.74, 6) is 0.0454. The van der Waals surface area contributed by atoms with Gasteiger partial charge in [-0.2, -0.15) is 0 Å². The first-order valence-corrected chi connectivity index (χ1v) is 9.18. The smallest absolute Gasteiger partial charge is 0.303 e. The molecule has 0 aliphatic heterocycles. The Bertz CT molecular complexity index is 491. The average molecular weight is 322 g/mol. The maximum atomic E-state index is 10.9. The summed E-state index contributed by atoms with van der Waals surface area (Å²) >= 11 is 0. The van der Waals surface area contributed by atoms with E-state index in [0.29, 0.717) is 5.92 Å². The van der Waals surface area contributed by atoms with Gasteiger partial charge in [0.2, 0.25) is 0 Å². The second-order valence-corrected chi connectivity index (χ2v) is 8.89. The van der Waals surface area contributed by atoms with Crippen LogP contribution in [0.3, 0.4) is 0 Å². The molecule has 2 N–H and O–H groups in total. The van der Waals surface area contributed by atoms with Crippen LogP contribution in [-0.4, -0.2) is 22.3 Å². The molecule has 3 nitrogen and oxygen atoms in total. The summed E-state index contributed by atoms with van der Waals surface area (Å²) < 4.78 is 0. The fraction of sp³-hybridized carbons (Fsp3) is 0.850. The van der Waals surface area contributed by atoms with E-state index in [2.05, 4.69) is 27.7 Å². The molecular formula is C20H34O3. The minimum Gasteiger partial charge on any atom is -0.481 e. The van der Waals surface area contributed by atoms with Crippen LogP contribution in [0.2, 0.25) is 0 Å². The van der Waals surface area contributed by atoms with Gasteiger partial charge in [-0.15, -0.1) is 0 Å². The van der Waals surface area contributed by atoms with Crippen LogP contribution >= 0.6 is 0 Å². The van der Waals surface area contributed by atoms with E-state index in [0.717, 1.165) is 32.1 Å². The van der Waals surface area contributed by atoms with Crippen molar-refractivity contribution in [1.29, 1.82) is 0 Å². The Kier molecular flexibility index (Phi) is 5.30. The molecule has 4 unspecified atom stereocenters. The summed E-state index contributed by atoms with van der Waals surface area (Å²) in [7, 11) is 0. The number of aliphatic hydroxyl groups is 1. The maximum Gasteiger partial charge on any atom is 0.303 e. The molecule has 1 fully saturated rings. The fourth-order valence-corrected chi connectivity index (χ4v) is 5.38. The van der Waals surface area contributed by atoms with Crippen LogP contribution in [0.1, 0.15) is 79.6 Å². The van der Waals surface area contributed by atoms with Crippen molar-refractivity contribution in [2.75, 3.05) is 0 Å². The van der Waals surface area contributed by atoms with E-state index in [-0.39, 0.29) is 29.3 Å². The summed E-state index contributed by atoms with van der Waals surface area (Å²) in [4.78, 5) is 10.9. The summed E-state index contributed by atoms with van der Waals surface area (Å²) in [6.07, 6.45) is 6.25. The summed E-state index contributed by atoms with van der Waals surface area (Å²) in [6, 6.07) is 0. The number of rotatable bonds is 5. The highest BCUT2D eigenvalue weighted by Crippen LogP contribution is 2.60. The number of carbonyl (C=O) groups is 1. The molecule has 0 spiro atoms. The number of aliphatic hydroxyl groups excluding tert-OH is 1. The standard InChI is InChI=1S/C20H34O3/c1-13(12-18(22)23)6-8-15-14(2)7-9-16-19(3,4)17(21)10-11-20(15,16)5/h13,16-17,21H,6-12H2,1-5H3,(H,22,23). The third kappa shape index (κ3) is 3.50. The van der Waals surface area contributed by atoms with Gasteiger partial charge in [0, 0.05) is 6.42 Å². The Morgan fingerprint density at radius 2 is 1.96 bits per heavy atom. The molecule has 23 heavy (non-hydrogen) atoms. The third-order valence-electron chi connectivity index (χ3n) is 6.89. The largest absolute Gasteiger partial charge is 0.481 e. The van der Waals surface area contributed by atoms with Gasteiger partial charge in [0.1, 0.15) is 0 Å². The number of fused-ring (bicyclic) bond motifs is 1. The van der Waals surface area contributed by atoms with Crippen molar-refractivity contribution in [2.45, 2.75) is 85.7 Å². The minimum absolute atomic E-state index is 0.0361. The van der Waals surface area contributed by atoms with Gasteiger partial charge in [-0.3, -0.25) is 4.79 Å². The van der Waals surface area contributed by atoms with Crippen molar-refractivity contribution in [1.82, 2.24) is 0 Å². The number of aliphatic carboxylic acids is 1. The summed E-state index contributed by atoms with van der Waals surface area (Å²) in [5, 5.41) is 19.4. The molecule has 0 heterocycles. The lowest BCUT2D eigenvalue weighted by Gasteiger charge is -2.57. The molecule has 4 atom stereocenters. The molecule has 0 radical (unpaired) electrons. The minimum atomic E-state index is -0.696. The zero-order chi connectivity index (χ0) is 17.4. The Balaban J connectivity index is 2.19. The quantitative estimate of drug-likeness (QED) is 0.715. The number of hydrogen-bond donors (Lipinski definition) is 2. The van der Waals surface area contributed by atoms with Crippen LogP contribution in [0.25, 0.3) is 0 Å². The number of carboxylic acid groups (broad SMARTS) is 1. The van der Waals surface area contributed by atoms with Crippen molar-refractivity contribution in [3.05, 3.63) is 11.1 Å². The second kappa shape index (κ2) is 6.58. The zero-order valence-electron chi connectivity index (χ0n) is 15.5. The Labute approximate surface area is 141 Å². The van der Waals surface area contributed by atoms with Crippen molar-refractivity contribution in [3.63, 3.8) is 0 Å². The van der Waals surface area contributed by atoms with Gasteiger partial charge >= 0.3 is 5.97 Å². The first-order valence-electron chi connectivity index (χ1n) is 9.18. The normalized spacial score (nSPS) is 34.9. The second-order valence-electron chi connectivity index (χ2n) is 8.89. The Hall–Kier alpha value is -0.830. The lowest BCUT2D eigenvalue weighted by atomic mass is 9.49. The topological polar surface area (TPSA) is 57.5 Å².